The summed E-state index contributed by atoms with van der Waals surface area (Å²) in [5.74, 6) is -1.49. The van der Waals surface area contributed by atoms with E-state index in [0.717, 1.165) is 0 Å². The van der Waals surface area contributed by atoms with Gasteiger partial charge in [-0.3, -0.25) is 9.35 Å². The summed E-state index contributed by atoms with van der Waals surface area (Å²) in [6, 6.07) is -0.884. The van der Waals surface area contributed by atoms with Crippen LogP contribution < -0.4 is 11.1 Å². The number of carbonyl (C=O) groups excluding carboxylic acids is 1. The fraction of sp³-hybridized carbons (Fsp3) is 0.833. The van der Waals surface area contributed by atoms with E-state index in [9.17, 15) is 13.2 Å². The Morgan fingerprint density at radius 3 is 2.69 bits per heavy atom. The Balaban J connectivity index is 4.25. The van der Waals surface area contributed by atoms with Gasteiger partial charge in [-0.2, -0.15) is 8.42 Å². The minimum absolute atomic E-state index is 0.537. The van der Waals surface area contributed by atoms with Crippen LogP contribution in [0.3, 0.4) is 0 Å². The standard InChI is InChI=1S/C6H14N2O4S/c1-5(7)6(9)8-3-2-4-13(10,11)12/h5H,2-4,7H2,1H3,(H,8,9)(H,10,11,12)/t5-/m0/s1/i3D2. The smallest absolute Gasteiger partial charge is 0.264 e. The Kier molecular flexibility index (Phi) is 3.53. The highest BCUT2D eigenvalue weighted by molar-refractivity contribution is 7.85. The summed E-state index contributed by atoms with van der Waals surface area (Å²) in [6.45, 7) is -0.839. The van der Waals surface area contributed by atoms with Crippen molar-refractivity contribution in [1.82, 2.24) is 5.32 Å². The van der Waals surface area contributed by atoms with Crippen molar-refractivity contribution in [2.75, 3.05) is 12.2 Å². The van der Waals surface area contributed by atoms with E-state index in [1.807, 2.05) is 5.32 Å². The summed E-state index contributed by atoms with van der Waals surface area (Å²) in [5.41, 5.74) is 5.18. The highest BCUT2D eigenvalue weighted by Gasteiger charge is 2.07. The van der Waals surface area contributed by atoms with Crippen LogP contribution in [0.5, 0.6) is 0 Å². The summed E-state index contributed by atoms with van der Waals surface area (Å²) in [6.07, 6.45) is -0.537. The van der Waals surface area contributed by atoms with Crippen molar-refractivity contribution in [1.29, 1.82) is 0 Å². The third-order valence-electron chi connectivity index (χ3n) is 1.11. The molecule has 7 heteroatoms. The quantitative estimate of drug-likeness (QED) is 0.492. The van der Waals surface area contributed by atoms with Crippen molar-refractivity contribution in [3.63, 3.8) is 0 Å². The highest BCUT2D eigenvalue weighted by Crippen LogP contribution is 1.86. The van der Waals surface area contributed by atoms with Gasteiger partial charge in [0.15, 0.2) is 0 Å². The number of nitrogens with one attached hydrogen (secondary N) is 1. The average molecular weight is 212 g/mol. The lowest BCUT2D eigenvalue weighted by molar-refractivity contribution is -0.121. The zero-order valence-corrected chi connectivity index (χ0v) is 7.97. The molecule has 78 valence electrons. The Bertz CT molecular complexity index is 328. The first kappa shape index (κ1) is 8.92. The molecule has 0 unspecified atom stereocenters. The van der Waals surface area contributed by atoms with E-state index in [1.54, 1.807) is 0 Å². The number of nitrogens with two attached hydrogens (primary N) is 1. The van der Waals surface area contributed by atoms with Gasteiger partial charge < -0.3 is 11.1 Å². The lowest BCUT2D eigenvalue weighted by Gasteiger charge is -2.06. The van der Waals surface area contributed by atoms with Crippen molar-refractivity contribution in [3.8, 4) is 0 Å². The molecule has 1 atom stereocenters. The SMILES string of the molecule is [2H]C([2H])(CCS(=O)(=O)O)NC(=O)[C@H](C)N. The molecule has 0 aliphatic heterocycles. The van der Waals surface area contributed by atoms with Gasteiger partial charge in [0.25, 0.3) is 10.1 Å². The van der Waals surface area contributed by atoms with Crippen LogP contribution in [0.15, 0.2) is 0 Å². The van der Waals surface area contributed by atoms with Crippen LogP contribution >= 0.6 is 0 Å². The molecule has 0 aromatic carbocycles. The molecule has 4 N–H and O–H groups in total. The third kappa shape index (κ3) is 7.69. The average Bonchev–Trinajstić information content (AvgIpc) is 1.99. The summed E-state index contributed by atoms with van der Waals surface area (Å²) in [4.78, 5) is 11.0. The topological polar surface area (TPSA) is 109 Å². The molecule has 0 saturated heterocycles. The second-order valence-electron chi connectivity index (χ2n) is 2.49. The fourth-order valence-corrected chi connectivity index (χ4v) is 0.803. The predicted octanol–water partition coefficient (Wildman–Crippen LogP) is -1.27. The Labute approximate surface area is 80.1 Å². The Hall–Kier alpha value is -0.660. The van der Waals surface area contributed by atoms with Crippen molar-refractivity contribution in [2.45, 2.75) is 19.4 Å². The molecule has 0 heterocycles. The van der Waals surface area contributed by atoms with Gasteiger partial charge in [0, 0.05) is 9.24 Å². The molecule has 0 aliphatic carbocycles. The summed E-state index contributed by atoms with van der Waals surface area (Å²) >= 11 is 0. The highest BCUT2D eigenvalue weighted by atomic mass is 32.2. The molecule has 6 nitrogen and oxygen atoms in total. The summed E-state index contributed by atoms with van der Waals surface area (Å²) in [5, 5.41) is 1.92. The molecule has 0 rings (SSSR count). The lowest BCUT2D eigenvalue weighted by Crippen LogP contribution is -2.39. The van der Waals surface area contributed by atoms with E-state index in [0.29, 0.717) is 0 Å². The van der Waals surface area contributed by atoms with Gasteiger partial charge in [0.1, 0.15) is 0 Å². The predicted molar refractivity (Wildman–Crippen MR) is 47.7 cm³/mol. The molecule has 0 aromatic heterocycles. The van der Waals surface area contributed by atoms with Crippen LogP contribution in [0.2, 0.25) is 0 Å². The van der Waals surface area contributed by atoms with Gasteiger partial charge in [-0.05, 0) is 13.3 Å². The van der Waals surface area contributed by atoms with E-state index < -0.39 is 40.7 Å². The van der Waals surface area contributed by atoms with Gasteiger partial charge in [-0.15, -0.1) is 0 Å². The Morgan fingerprint density at radius 2 is 2.31 bits per heavy atom. The zero-order valence-electron chi connectivity index (χ0n) is 9.15. The second-order valence-corrected chi connectivity index (χ2v) is 4.06. The van der Waals surface area contributed by atoms with Crippen LogP contribution in [-0.4, -0.2) is 37.2 Å². The number of hydrogen-bond donors (Lipinski definition) is 3. The van der Waals surface area contributed by atoms with Crippen molar-refractivity contribution < 1.29 is 20.5 Å². The molecule has 13 heavy (non-hydrogen) atoms. The van der Waals surface area contributed by atoms with E-state index in [4.69, 9.17) is 13.0 Å². The van der Waals surface area contributed by atoms with E-state index >= 15 is 0 Å². The van der Waals surface area contributed by atoms with Gasteiger partial charge in [-0.1, -0.05) is 0 Å². The first-order valence-corrected chi connectivity index (χ1v) is 5.17. The van der Waals surface area contributed by atoms with Gasteiger partial charge in [0.2, 0.25) is 5.91 Å². The van der Waals surface area contributed by atoms with Crippen molar-refractivity contribution >= 4 is 16.0 Å². The maximum absolute atomic E-state index is 11.0. The third-order valence-corrected chi connectivity index (χ3v) is 1.83. The van der Waals surface area contributed by atoms with E-state index in [2.05, 4.69) is 0 Å². The first-order chi connectivity index (χ1) is 6.53. The minimum atomic E-state index is -4.24. The van der Waals surface area contributed by atoms with E-state index in [1.165, 1.54) is 6.92 Å². The van der Waals surface area contributed by atoms with Crippen LogP contribution in [0, 0.1) is 0 Å². The van der Waals surface area contributed by atoms with Crippen LogP contribution in [0.4, 0.5) is 0 Å². The molecule has 0 aliphatic rings. The number of carbonyl (C=O) groups is 1. The number of hydrogen-bond acceptors (Lipinski definition) is 4. The second kappa shape index (κ2) is 5.15. The van der Waals surface area contributed by atoms with Crippen molar-refractivity contribution in [3.05, 3.63) is 0 Å². The molecule has 0 radical (unpaired) electrons. The molecule has 0 spiro atoms. The van der Waals surface area contributed by atoms with Crippen molar-refractivity contribution in [2.24, 2.45) is 5.73 Å². The maximum atomic E-state index is 11.0. The van der Waals surface area contributed by atoms with E-state index in [-0.39, 0.29) is 0 Å². The molecule has 0 aromatic rings. The van der Waals surface area contributed by atoms with Crippen LogP contribution in [0.25, 0.3) is 0 Å². The number of amides is 1. The van der Waals surface area contributed by atoms with Gasteiger partial charge >= 0.3 is 0 Å². The molecule has 0 fully saturated rings. The first-order valence-electron chi connectivity index (χ1n) is 4.56. The van der Waals surface area contributed by atoms with Gasteiger partial charge in [-0.25, -0.2) is 0 Å². The monoisotopic (exact) mass is 212 g/mol. The van der Waals surface area contributed by atoms with Gasteiger partial charge in [0.05, 0.1) is 11.8 Å². The normalized spacial score (nSPS) is 17.2. The van der Waals surface area contributed by atoms with Crippen LogP contribution in [0.1, 0.15) is 16.1 Å². The zero-order chi connectivity index (χ0) is 12.3. The molecule has 0 bridgehead atoms. The summed E-state index contributed by atoms with van der Waals surface area (Å²) < 4.78 is 43.6. The molecule has 1 amide bonds. The summed E-state index contributed by atoms with van der Waals surface area (Å²) in [7, 11) is -4.24. The van der Waals surface area contributed by atoms with Crippen LogP contribution in [-0.2, 0) is 14.9 Å². The minimum Gasteiger partial charge on any atom is -0.355 e. The molecular weight excluding hydrogens is 196 g/mol. The maximum Gasteiger partial charge on any atom is 0.264 e. The fourth-order valence-electron chi connectivity index (χ4n) is 0.443. The Morgan fingerprint density at radius 1 is 1.77 bits per heavy atom. The largest absolute Gasteiger partial charge is 0.355 e. The lowest BCUT2D eigenvalue weighted by atomic mass is 10.3. The molecular formula is C6H14N2O4S. The number of rotatable bonds is 5. The molecule has 0 saturated carbocycles.